The fourth-order valence-electron chi connectivity index (χ4n) is 4.27. The lowest BCUT2D eigenvalue weighted by Gasteiger charge is -2.32. The number of hydrogen-bond donors (Lipinski definition) is 2. The maximum atomic E-state index is 12.9. The van der Waals surface area contributed by atoms with E-state index >= 15 is 0 Å². The third-order valence-corrected chi connectivity index (χ3v) is 6.36. The number of carbonyl (C=O) groups excluding carboxylic acids is 2. The number of carbonyl (C=O) groups is 2. The summed E-state index contributed by atoms with van der Waals surface area (Å²) in [5, 5.41) is 10.0. The number of anilines is 2. The second kappa shape index (κ2) is 11.5. The summed E-state index contributed by atoms with van der Waals surface area (Å²) < 4.78 is 49.9. The van der Waals surface area contributed by atoms with Crippen molar-refractivity contribution < 1.29 is 32.2 Å². The van der Waals surface area contributed by atoms with E-state index in [1.54, 1.807) is 36.0 Å². The molecule has 2 heterocycles. The average molecular weight is 560 g/mol. The largest absolute Gasteiger partial charge is 0.573 e. The Kier molecular flexibility index (Phi) is 8.26. The van der Waals surface area contributed by atoms with Crippen molar-refractivity contribution in [1.82, 2.24) is 14.7 Å². The zero-order chi connectivity index (χ0) is 29.1. The van der Waals surface area contributed by atoms with Gasteiger partial charge in [-0.3, -0.25) is 14.8 Å². The molecule has 0 radical (unpaired) electrons. The number of aromatic nitrogens is 2. The maximum Gasteiger partial charge on any atom is 0.573 e. The van der Waals surface area contributed by atoms with Gasteiger partial charge in [0.1, 0.15) is 23.4 Å². The smallest absolute Gasteiger partial charge is 0.490 e. The van der Waals surface area contributed by atoms with Crippen molar-refractivity contribution in [3.63, 3.8) is 0 Å². The monoisotopic (exact) mass is 559 g/mol. The molecule has 9 nitrogen and oxygen atoms in total. The minimum absolute atomic E-state index is 0.142. The minimum atomic E-state index is -4.89. The first kappa shape index (κ1) is 28.8. The molecule has 0 aliphatic carbocycles. The molecule has 12 heteroatoms. The highest BCUT2D eigenvalue weighted by atomic mass is 19.4. The van der Waals surface area contributed by atoms with Gasteiger partial charge in [0.2, 0.25) is 0 Å². The van der Waals surface area contributed by atoms with Crippen LogP contribution in [0.2, 0.25) is 0 Å². The van der Waals surface area contributed by atoms with Gasteiger partial charge in [0.05, 0.1) is 11.3 Å². The van der Waals surface area contributed by atoms with Crippen molar-refractivity contribution >= 4 is 23.4 Å². The number of benzene rings is 2. The highest BCUT2D eigenvalue weighted by molar-refractivity contribution is 5.99. The molecule has 1 aromatic heterocycles. The lowest BCUT2D eigenvalue weighted by atomic mass is 9.92. The summed E-state index contributed by atoms with van der Waals surface area (Å²) in [6, 6.07) is 13.7. The number of nitrogens with zero attached hydrogens (tertiary/aromatic N) is 3. The second-order valence-electron chi connectivity index (χ2n) is 10.5. The number of para-hydroxylation sites is 1. The van der Waals surface area contributed by atoms with Crippen LogP contribution in [-0.4, -0.2) is 52.2 Å². The lowest BCUT2D eigenvalue weighted by Crippen LogP contribution is -2.42. The summed E-state index contributed by atoms with van der Waals surface area (Å²) in [6.45, 7) is 6.74. The molecule has 1 aliphatic heterocycles. The Bertz CT molecular complexity index is 1360. The van der Waals surface area contributed by atoms with Crippen molar-refractivity contribution in [3.8, 4) is 11.5 Å². The molecular weight excluding hydrogens is 527 g/mol. The number of rotatable bonds is 6. The van der Waals surface area contributed by atoms with Crippen molar-refractivity contribution in [2.75, 3.05) is 23.7 Å². The Morgan fingerprint density at radius 1 is 0.975 bits per heavy atom. The third kappa shape index (κ3) is 7.45. The van der Waals surface area contributed by atoms with Gasteiger partial charge in [0, 0.05) is 56.2 Å². The Balaban J connectivity index is 1.31. The molecule has 2 N–H and O–H groups in total. The van der Waals surface area contributed by atoms with E-state index in [1.807, 2.05) is 26.8 Å². The van der Waals surface area contributed by atoms with Crippen LogP contribution in [0.5, 0.6) is 11.5 Å². The molecule has 4 rings (SSSR count). The van der Waals surface area contributed by atoms with Crippen LogP contribution in [-0.2, 0) is 12.5 Å². The highest BCUT2D eigenvalue weighted by Crippen LogP contribution is 2.29. The number of nitrogens with one attached hydrogen (secondary N) is 2. The molecule has 1 saturated heterocycles. The Morgan fingerprint density at radius 3 is 2.33 bits per heavy atom. The molecule has 40 heavy (non-hydrogen) atoms. The Hall–Kier alpha value is -4.22. The average Bonchev–Trinajstić information content (AvgIpc) is 3.24. The van der Waals surface area contributed by atoms with Crippen LogP contribution >= 0.6 is 0 Å². The zero-order valence-corrected chi connectivity index (χ0v) is 22.7. The molecular formula is C28H32F3N5O4. The summed E-state index contributed by atoms with van der Waals surface area (Å²) in [5.41, 5.74) is 1.08. The second-order valence-corrected chi connectivity index (χ2v) is 10.5. The first-order chi connectivity index (χ1) is 18.8. The summed E-state index contributed by atoms with van der Waals surface area (Å²) in [6.07, 6.45) is -4.12. The van der Waals surface area contributed by atoms with Gasteiger partial charge < -0.3 is 19.7 Å². The molecule has 1 fully saturated rings. The fraction of sp³-hybridized carbons (Fsp3) is 0.393. The molecule has 0 saturated carbocycles. The highest BCUT2D eigenvalue weighted by Gasteiger charge is 2.34. The van der Waals surface area contributed by atoms with E-state index in [0.29, 0.717) is 43.2 Å². The fourth-order valence-corrected chi connectivity index (χ4v) is 4.27. The number of aryl methyl sites for hydroxylation is 1. The van der Waals surface area contributed by atoms with E-state index < -0.39 is 24.1 Å². The zero-order valence-electron chi connectivity index (χ0n) is 22.7. The number of alkyl halides is 3. The molecule has 0 atom stereocenters. The van der Waals surface area contributed by atoms with E-state index in [2.05, 4.69) is 20.5 Å². The first-order valence-electron chi connectivity index (χ1n) is 12.8. The molecule has 0 unspecified atom stereocenters. The van der Waals surface area contributed by atoms with Gasteiger partial charge in [-0.2, -0.15) is 5.10 Å². The van der Waals surface area contributed by atoms with Crippen LogP contribution in [0.25, 0.3) is 0 Å². The Labute approximate surface area is 230 Å². The summed E-state index contributed by atoms with van der Waals surface area (Å²) in [5.74, 6) is 0.0501. The molecule has 3 amide bonds. The van der Waals surface area contributed by atoms with Gasteiger partial charge in [-0.15, -0.1) is 13.2 Å². The number of halogens is 3. The lowest BCUT2D eigenvalue weighted by molar-refractivity contribution is -0.274. The van der Waals surface area contributed by atoms with E-state index in [1.165, 1.54) is 23.1 Å². The standard InChI is InChI=1S/C28H32F3N5O4/c1-27(2,3)23-17-24(35(4)34-23)33-26(38)32-18-8-7-9-20(16-18)39-19-12-14-36(15-13-19)25(37)21-10-5-6-11-22(21)40-28(29,30)31/h5-11,16-17,19H,12-15H2,1-4H3,(H2,32,33,38). The molecule has 2 aromatic carbocycles. The van der Waals surface area contributed by atoms with Crippen LogP contribution in [0.4, 0.5) is 29.5 Å². The van der Waals surface area contributed by atoms with E-state index in [0.717, 1.165) is 11.8 Å². The molecule has 214 valence electrons. The number of ether oxygens (including phenoxy) is 2. The van der Waals surface area contributed by atoms with Gasteiger partial charge in [0.15, 0.2) is 0 Å². The van der Waals surface area contributed by atoms with Gasteiger partial charge in [0.25, 0.3) is 5.91 Å². The molecule has 0 bridgehead atoms. The number of urea groups is 1. The van der Waals surface area contributed by atoms with Crippen LogP contribution in [0.15, 0.2) is 54.6 Å². The van der Waals surface area contributed by atoms with Gasteiger partial charge >= 0.3 is 12.4 Å². The maximum absolute atomic E-state index is 12.9. The van der Waals surface area contributed by atoms with Crippen LogP contribution < -0.4 is 20.1 Å². The quantitative estimate of drug-likeness (QED) is 0.389. The van der Waals surface area contributed by atoms with Gasteiger partial charge in [-0.25, -0.2) is 4.79 Å². The van der Waals surface area contributed by atoms with E-state index in [4.69, 9.17) is 4.74 Å². The van der Waals surface area contributed by atoms with Crippen LogP contribution in [0, 0.1) is 0 Å². The van der Waals surface area contributed by atoms with Crippen molar-refractivity contribution in [2.24, 2.45) is 7.05 Å². The predicted octanol–water partition coefficient (Wildman–Crippen LogP) is 5.94. The first-order valence-corrected chi connectivity index (χ1v) is 12.8. The van der Waals surface area contributed by atoms with E-state index in [-0.39, 0.29) is 17.1 Å². The number of hydrogen-bond acceptors (Lipinski definition) is 5. The summed E-state index contributed by atoms with van der Waals surface area (Å²) in [4.78, 5) is 27.0. The van der Waals surface area contributed by atoms with Crippen molar-refractivity contribution in [2.45, 2.75) is 51.5 Å². The van der Waals surface area contributed by atoms with Gasteiger partial charge in [-0.05, 0) is 24.3 Å². The minimum Gasteiger partial charge on any atom is -0.490 e. The van der Waals surface area contributed by atoms with Crippen LogP contribution in [0.1, 0.15) is 49.7 Å². The third-order valence-electron chi connectivity index (χ3n) is 6.36. The summed E-state index contributed by atoms with van der Waals surface area (Å²) in [7, 11) is 1.76. The molecule has 3 aromatic rings. The van der Waals surface area contributed by atoms with Crippen LogP contribution in [0.3, 0.4) is 0 Å². The SMILES string of the molecule is Cn1nc(C(C)(C)C)cc1NC(=O)Nc1cccc(OC2CCN(C(=O)c3ccccc3OC(F)(F)F)CC2)c1. The molecule has 1 aliphatic rings. The number of piperidine rings is 1. The molecule has 0 spiro atoms. The Morgan fingerprint density at radius 2 is 1.68 bits per heavy atom. The van der Waals surface area contributed by atoms with E-state index in [9.17, 15) is 22.8 Å². The number of amides is 3. The van der Waals surface area contributed by atoms with Crippen molar-refractivity contribution in [1.29, 1.82) is 0 Å². The van der Waals surface area contributed by atoms with Crippen molar-refractivity contribution in [3.05, 3.63) is 65.9 Å². The van der Waals surface area contributed by atoms with Gasteiger partial charge in [-0.1, -0.05) is 39.0 Å². The summed E-state index contributed by atoms with van der Waals surface area (Å²) >= 11 is 0. The predicted molar refractivity (Wildman–Crippen MR) is 144 cm³/mol. The normalized spacial score (nSPS) is 14.5. The number of likely N-dealkylation sites (tertiary alicyclic amines) is 1. The topological polar surface area (TPSA) is 97.7 Å².